The van der Waals surface area contributed by atoms with Gasteiger partial charge < -0.3 is 10.6 Å². The number of pyridine rings is 1. The monoisotopic (exact) mass is 457 g/mol. The van der Waals surface area contributed by atoms with Crippen LogP contribution in [0.4, 0.5) is 17.5 Å². The molecule has 8 heteroatoms. The molecule has 0 saturated carbocycles. The van der Waals surface area contributed by atoms with Gasteiger partial charge in [0.1, 0.15) is 11.6 Å². The fourth-order valence-corrected chi connectivity index (χ4v) is 3.55. The normalized spacial score (nSPS) is 10.8. The molecule has 30 heavy (non-hydrogen) atoms. The van der Waals surface area contributed by atoms with E-state index in [2.05, 4.69) is 20.7 Å². The van der Waals surface area contributed by atoms with E-state index < -0.39 is 0 Å². The topological polar surface area (TPSA) is 54.8 Å². The highest BCUT2D eigenvalue weighted by Crippen LogP contribution is 2.32. The van der Waals surface area contributed by atoms with Crippen LogP contribution in [-0.2, 0) is 6.54 Å². The lowest BCUT2D eigenvalue weighted by Crippen LogP contribution is -2.07. The smallest absolute Gasteiger partial charge is 0.152 e. The van der Waals surface area contributed by atoms with Crippen LogP contribution in [0.5, 0.6) is 0 Å². The number of aromatic nitrogens is 3. The lowest BCUT2D eigenvalue weighted by Gasteiger charge is -2.14. The van der Waals surface area contributed by atoms with Crippen LogP contribution in [0.2, 0.25) is 15.1 Å². The highest BCUT2D eigenvalue weighted by atomic mass is 35.5. The minimum atomic E-state index is 0.409. The first-order valence-corrected chi connectivity index (χ1v) is 10.4. The van der Waals surface area contributed by atoms with E-state index in [4.69, 9.17) is 34.8 Å². The van der Waals surface area contributed by atoms with E-state index in [0.29, 0.717) is 33.2 Å². The second kappa shape index (κ2) is 8.96. The average Bonchev–Trinajstić information content (AvgIpc) is 3.10. The van der Waals surface area contributed by atoms with Crippen molar-refractivity contribution in [2.45, 2.75) is 13.5 Å². The van der Waals surface area contributed by atoms with Crippen LogP contribution in [0.3, 0.4) is 0 Å². The summed E-state index contributed by atoms with van der Waals surface area (Å²) in [7, 11) is 0. The molecule has 4 aromatic rings. The SMILES string of the molecule is Cc1cc(Nc2nc(NCc3ccccc3)c(Cl)cc2Cl)n(-c2ccc(Cl)cc2)n1. The van der Waals surface area contributed by atoms with Gasteiger partial charge in [-0.15, -0.1) is 0 Å². The summed E-state index contributed by atoms with van der Waals surface area (Å²) in [5.74, 6) is 1.74. The molecule has 0 radical (unpaired) electrons. The number of anilines is 3. The number of nitrogens with zero attached hydrogens (tertiary/aromatic N) is 3. The lowest BCUT2D eigenvalue weighted by molar-refractivity contribution is 0.868. The first-order chi connectivity index (χ1) is 14.5. The summed E-state index contributed by atoms with van der Waals surface area (Å²) in [5, 5.41) is 12.6. The van der Waals surface area contributed by atoms with Crippen LogP contribution in [0, 0.1) is 6.92 Å². The van der Waals surface area contributed by atoms with Crippen molar-refractivity contribution < 1.29 is 0 Å². The molecule has 5 nitrogen and oxygen atoms in total. The minimum absolute atomic E-state index is 0.409. The van der Waals surface area contributed by atoms with Crippen molar-refractivity contribution in [1.82, 2.24) is 14.8 Å². The maximum Gasteiger partial charge on any atom is 0.152 e. The van der Waals surface area contributed by atoms with Crippen molar-refractivity contribution in [3.05, 3.63) is 93.1 Å². The molecule has 0 unspecified atom stereocenters. The molecule has 2 N–H and O–H groups in total. The third-order valence-electron chi connectivity index (χ3n) is 4.38. The predicted molar refractivity (Wildman–Crippen MR) is 125 cm³/mol. The number of hydrogen-bond donors (Lipinski definition) is 2. The molecule has 4 rings (SSSR count). The molecule has 0 bridgehead atoms. The van der Waals surface area contributed by atoms with Crippen LogP contribution in [0.25, 0.3) is 5.69 Å². The van der Waals surface area contributed by atoms with Crippen molar-refractivity contribution in [2.24, 2.45) is 0 Å². The Morgan fingerprint density at radius 2 is 1.57 bits per heavy atom. The number of rotatable bonds is 6. The van der Waals surface area contributed by atoms with Crippen LogP contribution < -0.4 is 10.6 Å². The Morgan fingerprint density at radius 3 is 2.30 bits per heavy atom. The zero-order chi connectivity index (χ0) is 21.1. The van der Waals surface area contributed by atoms with E-state index in [1.165, 1.54) is 0 Å². The highest BCUT2D eigenvalue weighted by Gasteiger charge is 2.14. The summed E-state index contributed by atoms with van der Waals surface area (Å²) in [6, 6.07) is 21.0. The van der Waals surface area contributed by atoms with E-state index in [0.717, 1.165) is 22.8 Å². The Labute approximate surface area is 189 Å². The van der Waals surface area contributed by atoms with E-state index >= 15 is 0 Å². The van der Waals surface area contributed by atoms with Crippen molar-refractivity contribution in [3.63, 3.8) is 0 Å². The van der Waals surface area contributed by atoms with E-state index in [1.807, 2.05) is 67.6 Å². The van der Waals surface area contributed by atoms with Gasteiger partial charge in [0, 0.05) is 17.6 Å². The Balaban J connectivity index is 1.61. The Kier molecular flexibility index (Phi) is 6.13. The fraction of sp³-hybridized carbons (Fsp3) is 0.0909. The molecule has 2 heterocycles. The second-order valence-corrected chi connectivity index (χ2v) is 7.92. The number of benzene rings is 2. The zero-order valence-electron chi connectivity index (χ0n) is 16.0. The molecule has 0 spiro atoms. The molecule has 152 valence electrons. The van der Waals surface area contributed by atoms with Crippen molar-refractivity contribution >= 4 is 52.3 Å². The Hall–Kier alpha value is -2.73. The van der Waals surface area contributed by atoms with Gasteiger partial charge in [-0.1, -0.05) is 65.1 Å². The van der Waals surface area contributed by atoms with Gasteiger partial charge in [0.15, 0.2) is 5.82 Å². The van der Waals surface area contributed by atoms with Gasteiger partial charge in [-0.2, -0.15) is 5.10 Å². The van der Waals surface area contributed by atoms with E-state index in [9.17, 15) is 0 Å². The first-order valence-electron chi connectivity index (χ1n) is 9.23. The largest absolute Gasteiger partial charge is 0.365 e. The molecule has 0 aliphatic rings. The summed E-state index contributed by atoms with van der Waals surface area (Å²) in [6.07, 6.45) is 0. The Bertz CT molecular complexity index is 1160. The summed E-state index contributed by atoms with van der Waals surface area (Å²) >= 11 is 18.8. The second-order valence-electron chi connectivity index (χ2n) is 6.67. The maximum atomic E-state index is 6.41. The van der Waals surface area contributed by atoms with Gasteiger partial charge in [-0.3, -0.25) is 0 Å². The average molecular weight is 459 g/mol. The number of nitrogens with one attached hydrogen (secondary N) is 2. The summed E-state index contributed by atoms with van der Waals surface area (Å²) in [4.78, 5) is 4.59. The molecule has 0 amide bonds. The summed E-state index contributed by atoms with van der Waals surface area (Å²) < 4.78 is 1.77. The van der Waals surface area contributed by atoms with Crippen LogP contribution in [0.1, 0.15) is 11.3 Å². The van der Waals surface area contributed by atoms with Crippen LogP contribution in [0.15, 0.2) is 66.7 Å². The molecule has 2 aromatic carbocycles. The third-order valence-corrected chi connectivity index (χ3v) is 5.21. The van der Waals surface area contributed by atoms with Gasteiger partial charge in [-0.05, 0) is 42.8 Å². The van der Waals surface area contributed by atoms with Gasteiger partial charge in [0.25, 0.3) is 0 Å². The molecule has 2 aromatic heterocycles. The van der Waals surface area contributed by atoms with Crippen LogP contribution in [-0.4, -0.2) is 14.8 Å². The zero-order valence-corrected chi connectivity index (χ0v) is 18.3. The molecular formula is C22H18Cl3N5. The van der Waals surface area contributed by atoms with Crippen molar-refractivity contribution in [3.8, 4) is 5.69 Å². The molecule has 0 fully saturated rings. The highest BCUT2D eigenvalue weighted by molar-refractivity contribution is 6.37. The van der Waals surface area contributed by atoms with Gasteiger partial charge >= 0.3 is 0 Å². The fourth-order valence-electron chi connectivity index (χ4n) is 2.95. The standard InChI is InChI=1S/C22H18Cl3N5/c1-14-11-20(30(29-14)17-9-7-16(23)8-10-17)27-22-19(25)12-18(24)21(28-22)26-13-15-5-3-2-4-6-15/h2-12H,13H2,1H3,(H2,26,27,28). The molecule has 0 atom stereocenters. The lowest BCUT2D eigenvalue weighted by atomic mass is 10.2. The summed E-state index contributed by atoms with van der Waals surface area (Å²) in [6.45, 7) is 2.51. The quantitative estimate of drug-likeness (QED) is 0.330. The Morgan fingerprint density at radius 1 is 0.867 bits per heavy atom. The third kappa shape index (κ3) is 4.70. The van der Waals surface area contributed by atoms with E-state index in [-0.39, 0.29) is 0 Å². The van der Waals surface area contributed by atoms with Gasteiger partial charge in [0.2, 0.25) is 0 Å². The summed E-state index contributed by atoms with van der Waals surface area (Å²) in [5.41, 5.74) is 2.83. The molecule has 0 aliphatic heterocycles. The minimum Gasteiger partial charge on any atom is -0.365 e. The van der Waals surface area contributed by atoms with E-state index in [1.54, 1.807) is 10.7 Å². The van der Waals surface area contributed by atoms with Crippen molar-refractivity contribution in [1.29, 1.82) is 0 Å². The number of hydrogen-bond acceptors (Lipinski definition) is 4. The van der Waals surface area contributed by atoms with Crippen LogP contribution >= 0.6 is 34.8 Å². The maximum absolute atomic E-state index is 6.41. The molecule has 0 aliphatic carbocycles. The predicted octanol–water partition coefficient (Wildman–Crippen LogP) is 6.89. The van der Waals surface area contributed by atoms with Crippen molar-refractivity contribution in [2.75, 3.05) is 10.6 Å². The molecular weight excluding hydrogens is 441 g/mol. The first kappa shape index (κ1) is 20.5. The number of halogens is 3. The number of aryl methyl sites for hydroxylation is 1. The molecule has 0 saturated heterocycles. The van der Waals surface area contributed by atoms with Gasteiger partial charge in [-0.25, -0.2) is 9.67 Å². The van der Waals surface area contributed by atoms with Gasteiger partial charge in [0.05, 0.1) is 21.4 Å².